The van der Waals surface area contributed by atoms with Crippen LogP contribution < -0.4 is 10.5 Å². The Labute approximate surface area is 199 Å². The van der Waals surface area contributed by atoms with Crippen LogP contribution in [0, 0.1) is 11.8 Å². The molecule has 182 valence electrons. The van der Waals surface area contributed by atoms with Crippen molar-refractivity contribution in [3.05, 3.63) is 35.2 Å². The molecule has 2 aromatic rings. The van der Waals surface area contributed by atoms with Gasteiger partial charge in [-0.05, 0) is 24.6 Å². The number of aromatic nitrogens is 2. The molecule has 3 unspecified atom stereocenters. The molecule has 2 fully saturated rings. The van der Waals surface area contributed by atoms with Crippen LogP contribution in [0.1, 0.15) is 36.4 Å². The van der Waals surface area contributed by atoms with Gasteiger partial charge >= 0.3 is 0 Å². The topological polar surface area (TPSA) is 87.3 Å². The summed E-state index contributed by atoms with van der Waals surface area (Å²) in [4.78, 5) is 7.38. The standard InChI is InChI=1S/C25H31FN4O4/c1-3-25(16-26,31-2)7-6-17-4-5-20-18(14-17)24-28-21(22-23(27)34-22)19(30(24)10-13-33-20)15-29-8-11-32-12-9-29/h4-5,14,22-23H,3,8-13,15-16,27H2,1-2H3. The summed E-state index contributed by atoms with van der Waals surface area (Å²) in [6, 6.07) is 5.74. The van der Waals surface area contributed by atoms with Crippen LogP contribution in [-0.2, 0) is 27.3 Å². The number of imidazole rings is 1. The van der Waals surface area contributed by atoms with Gasteiger partial charge in [-0.3, -0.25) is 4.90 Å². The highest BCUT2D eigenvalue weighted by Gasteiger charge is 2.42. The van der Waals surface area contributed by atoms with E-state index in [4.69, 9.17) is 29.7 Å². The van der Waals surface area contributed by atoms with E-state index in [0.29, 0.717) is 19.6 Å². The number of hydrogen-bond donors (Lipinski definition) is 1. The zero-order valence-corrected chi connectivity index (χ0v) is 19.7. The van der Waals surface area contributed by atoms with Crippen LogP contribution in [0.4, 0.5) is 4.39 Å². The first-order valence-electron chi connectivity index (χ1n) is 11.8. The van der Waals surface area contributed by atoms with E-state index in [1.807, 2.05) is 25.1 Å². The molecule has 5 rings (SSSR count). The minimum atomic E-state index is -1.10. The van der Waals surface area contributed by atoms with Crippen molar-refractivity contribution in [1.82, 2.24) is 14.5 Å². The second-order valence-electron chi connectivity index (χ2n) is 8.82. The molecule has 3 atom stereocenters. The minimum absolute atomic E-state index is 0.195. The number of epoxide rings is 1. The maximum absolute atomic E-state index is 13.6. The quantitative estimate of drug-likeness (QED) is 0.512. The molecule has 0 amide bonds. The maximum atomic E-state index is 13.6. The van der Waals surface area contributed by atoms with Crippen LogP contribution in [-0.4, -0.2) is 73.0 Å². The lowest BCUT2D eigenvalue weighted by molar-refractivity contribution is 0.0170. The summed E-state index contributed by atoms with van der Waals surface area (Å²) in [6.07, 6.45) is -0.0619. The molecule has 3 aliphatic rings. The fourth-order valence-corrected chi connectivity index (χ4v) is 4.47. The largest absolute Gasteiger partial charge is 0.491 e. The third-order valence-electron chi connectivity index (χ3n) is 6.78. The fourth-order valence-electron chi connectivity index (χ4n) is 4.47. The van der Waals surface area contributed by atoms with E-state index < -0.39 is 12.3 Å². The average molecular weight is 471 g/mol. The SMILES string of the molecule is CCC(C#Cc1ccc2c(c1)-c1nc(C3OC3N)c(CN3CCOCC3)n1CCO2)(CF)OC. The zero-order valence-electron chi connectivity index (χ0n) is 19.7. The predicted molar refractivity (Wildman–Crippen MR) is 124 cm³/mol. The van der Waals surface area contributed by atoms with Crippen LogP contribution >= 0.6 is 0 Å². The van der Waals surface area contributed by atoms with Gasteiger partial charge in [0.2, 0.25) is 0 Å². The Morgan fingerprint density at radius 3 is 2.74 bits per heavy atom. The number of halogens is 1. The molecule has 0 bridgehead atoms. The lowest BCUT2D eigenvalue weighted by atomic mass is 10.0. The van der Waals surface area contributed by atoms with Gasteiger partial charge in [0.15, 0.2) is 5.60 Å². The summed E-state index contributed by atoms with van der Waals surface area (Å²) in [7, 11) is 1.49. The third kappa shape index (κ3) is 4.44. The summed E-state index contributed by atoms with van der Waals surface area (Å²) in [5.74, 6) is 7.64. The number of nitrogens with two attached hydrogens (primary N) is 1. The van der Waals surface area contributed by atoms with Gasteiger partial charge in [-0.25, -0.2) is 9.37 Å². The van der Waals surface area contributed by atoms with Gasteiger partial charge in [0.05, 0.1) is 36.7 Å². The number of methoxy groups -OCH3 is 1. The van der Waals surface area contributed by atoms with Crippen molar-refractivity contribution in [2.75, 3.05) is 46.7 Å². The number of nitrogens with zero attached hydrogens (tertiary/aromatic N) is 3. The first kappa shape index (κ1) is 23.3. The molecule has 2 N–H and O–H groups in total. The van der Waals surface area contributed by atoms with Crippen molar-refractivity contribution in [2.24, 2.45) is 5.73 Å². The van der Waals surface area contributed by atoms with E-state index in [1.165, 1.54) is 7.11 Å². The number of alkyl halides is 1. The zero-order chi connectivity index (χ0) is 23.7. The Morgan fingerprint density at radius 1 is 1.26 bits per heavy atom. The molecule has 1 aromatic heterocycles. The number of fused-ring (bicyclic) bond motifs is 3. The number of hydrogen-bond acceptors (Lipinski definition) is 7. The summed E-state index contributed by atoms with van der Waals surface area (Å²) in [5, 5.41) is 0. The van der Waals surface area contributed by atoms with Crippen molar-refractivity contribution in [3.63, 3.8) is 0 Å². The second-order valence-corrected chi connectivity index (χ2v) is 8.82. The van der Waals surface area contributed by atoms with Crippen LogP contribution in [0.15, 0.2) is 18.2 Å². The highest BCUT2D eigenvalue weighted by Crippen LogP contribution is 2.41. The van der Waals surface area contributed by atoms with Crippen molar-refractivity contribution >= 4 is 0 Å². The van der Waals surface area contributed by atoms with Gasteiger partial charge in [0, 0.05) is 32.3 Å². The highest BCUT2D eigenvalue weighted by atomic mass is 19.1. The van der Waals surface area contributed by atoms with E-state index in [9.17, 15) is 4.39 Å². The first-order valence-corrected chi connectivity index (χ1v) is 11.8. The number of rotatable bonds is 6. The molecular weight excluding hydrogens is 439 g/mol. The van der Waals surface area contributed by atoms with Gasteiger partial charge in [-0.1, -0.05) is 18.8 Å². The van der Waals surface area contributed by atoms with Crippen molar-refractivity contribution in [2.45, 2.75) is 44.4 Å². The fraction of sp³-hybridized carbons (Fsp3) is 0.560. The van der Waals surface area contributed by atoms with E-state index in [-0.39, 0.29) is 12.3 Å². The summed E-state index contributed by atoms with van der Waals surface area (Å²) < 4.78 is 38.4. The van der Waals surface area contributed by atoms with Gasteiger partial charge in [0.25, 0.3) is 0 Å². The molecule has 4 heterocycles. The van der Waals surface area contributed by atoms with E-state index in [0.717, 1.165) is 66.9 Å². The molecule has 34 heavy (non-hydrogen) atoms. The van der Waals surface area contributed by atoms with E-state index >= 15 is 0 Å². The minimum Gasteiger partial charge on any atom is -0.491 e. The van der Waals surface area contributed by atoms with Gasteiger partial charge in [0.1, 0.15) is 37.2 Å². The average Bonchev–Trinajstić information content (AvgIpc) is 3.54. The van der Waals surface area contributed by atoms with Crippen LogP contribution in [0.5, 0.6) is 5.75 Å². The molecule has 0 saturated carbocycles. The summed E-state index contributed by atoms with van der Waals surface area (Å²) in [6.45, 7) is 6.34. The first-order chi connectivity index (χ1) is 16.6. The highest BCUT2D eigenvalue weighted by molar-refractivity contribution is 5.69. The molecule has 1 aromatic carbocycles. The van der Waals surface area contributed by atoms with Crippen LogP contribution in [0.2, 0.25) is 0 Å². The van der Waals surface area contributed by atoms with Crippen molar-refractivity contribution in [1.29, 1.82) is 0 Å². The van der Waals surface area contributed by atoms with Crippen LogP contribution in [0.25, 0.3) is 11.4 Å². The Bertz CT molecular complexity index is 1090. The lowest BCUT2D eigenvalue weighted by Gasteiger charge is -2.27. The van der Waals surface area contributed by atoms with Crippen LogP contribution in [0.3, 0.4) is 0 Å². The Hall–Kier alpha value is -2.48. The Kier molecular flexibility index (Phi) is 6.60. The molecule has 0 spiro atoms. The molecular formula is C25H31FN4O4. The monoisotopic (exact) mass is 470 g/mol. The second kappa shape index (κ2) is 9.64. The van der Waals surface area contributed by atoms with Gasteiger partial charge < -0.3 is 29.2 Å². The number of benzene rings is 1. The molecule has 9 heteroatoms. The number of ether oxygens (including phenoxy) is 4. The molecule has 3 aliphatic heterocycles. The van der Waals surface area contributed by atoms with Gasteiger partial charge in [-0.2, -0.15) is 0 Å². The van der Waals surface area contributed by atoms with E-state index in [1.54, 1.807) is 0 Å². The molecule has 0 radical (unpaired) electrons. The van der Waals surface area contributed by atoms with Crippen molar-refractivity contribution in [3.8, 4) is 29.0 Å². The predicted octanol–water partition coefficient (Wildman–Crippen LogP) is 2.25. The normalized spacial score (nSPS) is 23.5. The number of morpholine rings is 1. The smallest absolute Gasteiger partial charge is 0.156 e. The summed E-state index contributed by atoms with van der Waals surface area (Å²) in [5.41, 5.74) is 8.53. The van der Waals surface area contributed by atoms with Gasteiger partial charge in [-0.15, -0.1) is 0 Å². The van der Waals surface area contributed by atoms with E-state index in [2.05, 4.69) is 21.3 Å². The summed E-state index contributed by atoms with van der Waals surface area (Å²) >= 11 is 0. The third-order valence-corrected chi connectivity index (χ3v) is 6.78. The maximum Gasteiger partial charge on any atom is 0.156 e. The molecule has 0 aliphatic carbocycles. The Balaban J connectivity index is 1.55. The van der Waals surface area contributed by atoms with Crippen molar-refractivity contribution < 1.29 is 23.3 Å². The molecule has 2 saturated heterocycles. The Morgan fingerprint density at radius 2 is 2.06 bits per heavy atom. The molecule has 8 nitrogen and oxygen atoms in total. The lowest BCUT2D eigenvalue weighted by Crippen LogP contribution is -2.36.